The van der Waals surface area contributed by atoms with E-state index in [-0.39, 0.29) is 30.0 Å². The van der Waals surface area contributed by atoms with Crippen molar-refractivity contribution < 1.29 is 19.3 Å². The predicted octanol–water partition coefficient (Wildman–Crippen LogP) is 5.79. The van der Waals surface area contributed by atoms with Gasteiger partial charge in [0.1, 0.15) is 18.0 Å². The van der Waals surface area contributed by atoms with Gasteiger partial charge in [0, 0.05) is 5.56 Å². The van der Waals surface area contributed by atoms with Gasteiger partial charge >= 0.3 is 0 Å². The summed E-state index contributed by atoms with van der Waals surface area (Å²) in [6.07, 6.45) is -0.619. The molecule has 5 nitrogen and oxygen atoms in total. The van der Waals surface area contributed by atoms with E-state index in [0.717, 1.165) is 22.3 Å². The Morgan fingerprint density at radius 1 is 0.568 bits per heavy atom. The molecule has 5 rings (SSSR count). The highest BCUT2D eigenvalue weighted by atomic mass is 16.5. The van der Waals surface area contributed by atoms with Gasteiger partial charge in [0.05, 0.1) is 38.5 Å². The number of hydrogen-bond donors (Lipinski definition) is 2. The van der Waals surface area contributed by atoms with Crippen molar-refractivity contribution in [1.29, 1.82) is 0 Å². The third-order valence-electron chi connectivity index (χ3n) is 6.69. The third-order valence-corrected chi connectivity index (χ3v) is 6.69. The Labute approximate surface area is 218 Å². The topological polar surface area (TPSA) is 60.0 Å². The summed E-state index contributed by atoms with van der Waals surface area (Å²) >= 11 is 0. The summed E-state index contributed by atoms with van der Waals surface area (Å²) < 4.78 is 19.3. The molecule has 0 spiro atoms. The Morgan fingerprint density at radius 3 is 1.62 bits per heavy atom. The number of phenolic OH excluding ortho intramolecular Hbond substituents is 1. The van der Waals surface area contributed by atoms with Gasteiger partial charge in [-0.05, 0) is 22.8 Å². The molecule has 0 aliphatic carbocycles. The average molecular weight is 496 g/mol. The smallest absolute Gasteiger partial charge is 0.120 e. The van der Waals surface area contributed by atoms with Gasteiger partial charge in [-0.3, -0.25) is 0 Å². The second kappa shape index (κ2) is 12.7. The fourth-order valence-electron chi connectivity index (χ4n) is 4.81. The van der Waals surface area contributed by atoms with Crippen LogP contribution in [0.15, 0.2) is 115 Å². The lowest BCUT2D eigenvalue weighted by molar-refractivity contribution is -0.0862. The predicted molar refractivity (Wildman–Crippen MR) is 144 cm³/mol. The Bertz CT molecular complexity index is 1220. The fourth-order valence-corrected chi connectivity index (χ4v) is 4.81. The number of rotatable bonds is 11. The van der Waals surface area contributed by atoms with E-state index < -0.39 is 0 Å². The summed E-state index contributed by atoms with van der Waals surface area (Å²) in [6, 6.07) is 37.4. The summed E-state index contributed by atoms with van der Waals surface area (Å²) in [5.74, 6) is 0.237. The van der Waals surface area contributed by atoms with Crippen molar-refractivity contribution in [2.75, 3.05) is 6.61 Å². The van der Waals surface area contributed by atoms with E-state index in [9.17, 15) is 5.11 Å². The van der Waals surface area contributed by atoms with Gasteiger partial charge in [0.2, 0.25) is 0 Å². The first-order chi connectivity index (χ1) is 18.3. The first-order valence-corrected chi connectivity index (χ1v) is 12.7. The van der Waals surface area contributed by atoms with Gasteiger partial charge < -0.3 is 24.6 Å². The maximum absolute atomic E-state index is 10.7. The van der Waals surface area contributed by atoms with Crippen LogP contribution in [0.2, 0.25) is 0 Å². The minimum absolute atomic E-state index is 0.127. The number of para-hydroxylation sites is 1. The Hall–Kier alpha value is -3.48. The molecule has 190 valence electrons. The maximum atomic E-state index is 10.7. The number of hydrogen-bond acceptors (Lipinski definition) is 5. The summed E-state index contributed by atoms with van der Waals surface area (Å²) in [7, 11) is 0. The summed E-state index contributed by atoms with van der Waals surface area (Å²) in [4.78, 5) is 0. The molecule has 4 aromatic rings. The standard InChI is InChI=1S/C32H33NO4/c34-29-19-11-10-18-27(29)30-32(37-22-26-16-8-3-9-17-26)31(36-21-25-14-6-2-7-15-25)28(33-30)23-35-20-24-12-4-1-5-13-24/h1-19,28,30-34H,20-23H2/t28-,30-,31-,32-/m1/s1. The molecule has 1 aliphatic rings. The minimum Gasteiger partial charge on any atom is -0.508 e. The molecular formula is C32H33NO4. The molecule has 2 N–H and O–H groups in total. The average Bonchev–Trinajstić information content (AvgIpc) is 3.29. The van der Waals surface area contributed by atoms with Crippen LogP contribution in [0, 0.1) is 0 Å². The van der Waals surface area contributed by atoms with Crippen LogP contribution in [-0.2, 0) is 34.0 Å². The molecule has 1 heterocycles. The minimum atomic E-state index is -0.331. The molecule has 1 saturated heterocycles. The van der Waals surface area contributed by atoms with Gasteiger partial charge in [0.25, 0.3) is 0 Å². The van der Waals surface area contributed by atoms with Crippen molar-refractivity contribution in [1.82, 2.24) is 5.32 Å². The molecule has 5 heteroatoms. The molecule has 1 fully saturated rings. The van der Waals surface area contributed by atoms with Gasteiger partial charge in [0.15, 0.2) is 0 Å². The van der Waals surface area contributed by atoms with Gasteiger partial charge in [-0.15, -0.1) is 0 Å². The van der Waals surface area contributed by atoms with Crippen molar-refractivity contribution >= 4 is 0 Å². The molecule has 0 amide bonds. The lowest BCUT2D eigenvalue weighted by Gasteiger charge is -2.27. The number of ether oxygens (including phenoxy) is 3. The summed E-state index contributed by atoms with van der Waals surface area (Å²) in [6.45, 7) is 1.87. The van der Waals surface area contributed by atoms with Crippen molar-refractivity contribution in [3.05, 3.63) is 138 Å². The van der Waals surface area contributed by atoms with Crippen LogP contribution in [-0.4, -0.2) is 30.0 Å². The number of aromatic hydroxyl groups is 1. The van der Waals surface area contributed by atoms with Crippen LogP contribution in [0.25, 0.3) is 0 Å². The van der Waals surface area contributed by atoms with E-state index in [1.54, 1.807) is 6.07 Å². The maximum Gasteiger partial charge on any atom is 0.120 e. The summed E-state index contributed by atoms with van der Waals surface area (Å²) in [5, 5.41) is 14.4. The highest BCUT2D eigenvalue weighted by Gasteiger charge is 2.46. The van der Waals surface area contributed by atoms with Gasteiger partial charge in [-0.2, -0.15) is 0 Å². The molecule has 4 aromatic carbocycles. The van der Waals surface area contributed by atoms with Crippen LogP contribution >= 0.6 is 0 Å². The Balaban J connectivity index is 1.38. The van der Waals surface area contributed by atoms with E-state index in [2.05, 4.69) is 41.7 Å². The molecule has 4 atom stereocenters. The van der Waals surface area contributed by atoms with Crippen molar-refractivity contribution in [2.45, 2.75) is 44.1 Å². The quantitative estimate of drug-likeness (QED) is 0.276. The Morgan fingerprint density at radius 2 is 1.05 bits per heavy atom. The fraction of sp³-hybridized carbons (Fsp3) is 0.250. The first kappa shape index (κ1) is 25.2. The highest BCUT2D eigenvalue weighted by molar-refractivity contribution is 5.37. The van der Waals surface area contributed by atoms with Gasteiger partial charge in [-0.1, -0.05) is 109 Å². The normalized spacial score (nSPS) is 21.2. The molecule has 0 saturated carbocycles. The monoisotopic (exact) mass is 495 g/mol. The molecule has 0 unspecified atom stereocenters. The largest absolute Gasteiger partial charge is 0.508 e. The van der Waals surface area contributed by atoms with E-state index in [4.69, 9.17) is 14.2 Å². The second-order valence-electron chi connectivity index (χ2n) is 9.33. The van der Waals surface area contributed by atoms with E-state index in [1.807, 2.05) is 72.8 Å². The van der Waals surface area contributed by atoms with Crippen molar-refractivity contribution in [2.24, 2.45) is 0 Å². The molecule has 0 bridgehead atoms. The van der Waals surface area contributed by atoms with Crippen LogP contribution in [0.5, 0.6) is 5.75 Å². The first-order valence-electron chi connectivity index (χ1n) is 12.7. The zero-order valence-corrected chi connectivity index (χ0v) is 20.8. The van der Waals surface area contributed by atoms with Crippen molar-refractivity contribution in [3.63, 3.8) is 0 Å². The molecule has 0 aromatic heterocycles. The van der Waals surface area contributed by atoms with Crippen LogP contribution in [0.3, 0.4) is 0 Å². The lowest BCUT2D eigenvalue weighted by Crippen LogP contribution is -2.39. The molecule has 0 radical (unpaired) electrons. The van der Waals surface area contributed by atoms with Gasteiger partial charge in [-0.25, -0.2) is 0 Å². The second-order valence-corrected chi connectivity index (χ2v) is 9.33. The zero-order valence-electron chi connectivity index (χ0n) is 20.8. The van der Waals surface area contributed by atoms with Crippen LogP contribution < -0.4 is 5.32 Å². The number of nitrogens with one attached hydrogen (secondary N) is 1. The Kier molecular flexibility index (Phi) is 8.62. The van der Waals surface area contributed by atoms with Crippen LogP contribution in [0.1, 0.15) is 28.3 Å². The van der Waals surface area contributed by atoms with E-state index in [1.165, 1.54) is 0 Å². The highest BCUT2D eigenvalue weighted by Crippen LogP contribution is 2.37. The van der Waals surface area contributed by atoms with Crippen LogP contribution in [0.4, 0.5) is 0 Å². The van der Waals surface area contributed by atoms with Crippen molar-refractivity contribution in [3.8, 4) is 5.75 Å². The van der Waals surface area contributed by atoms with E-state index >= 15 is 0 Å². The SMILES string of the molecule is Oc1ccccc1[C@H]1N[C@H](COCc2ccccc2)[C@@H](OCc2ccccc2)[C@@H]1OCc1ccccc1. The molecule has 1 aliphatic heterocycles. The summed E-state index contributed by atoms with van der Waals surface area (Å²) in [5.41, 5.74) is 4.10. The van der Waals surface area contributed by atoms with E-state index in [0.29, 0.717) is 26.4 Å². The third kappa shape index (κ3) is 6.64. The zero-order chi connectivity index (χ0) is 25.3. The number of phenols is 1. The lowest BCUT2D eigenvalue weighted by atomic mass is 9.99. The molecular weight excluding hydrogens is 462 g/mol. The molecule has 37 heavy (non-hydrogen) atoms. The number of benzene rings is 4.